The van der Waals surface area contributed by atoms with E-state index < -0.39 is 0 Å². The van der Waals surface area contributed by atoms with Crippen molar-refractivity contribution in [2.45, 2.75) is 6.92 Å². The summed E-state index contributed by atoms with van der Waals surface area (Å²) >= 11 is 0. The van der Waals surface area contributed by atoms with Gasteiger partial charge < -0.3 is 10.2 Å². The first kappa shape index (κ1) is 9.47. The Bertz CT molecular complexity index is 311. The summed E-state index contributed by atoms with van der Waals surface area (Å²) in [4.78, 5) is 12.5. The standard InChI is InChI=1S/C8H12N4O/c1-6(13-9)3-7-4-8(10-2)12-5-11-7/h3-5H,9H2,1-2H3,(H,10,11,12)/b6-3+. The molecule has 0 bridgehead atoms. The number of hydrogen-bond acceptors (Lipinski definition) is 5. The van der Waals surface area contributed by atoms with Gasteiger partial charge in [-0.05, 0) is 6.92 Å². The lowest BCUT2D eigenvalue weighted by Gasteiger charge is -2.00. The van der Waals surface area contributed by atoms with Crippen LogP contribution in [0.2, 0.25) is 0 Å². The molecule has 0 saturated carbocycles. The molecule has 13 heavy (non-hydrogen) atoms. The topological polar surface area (TPSA) is 73.1 Å². The molecule has 0 saturated heterocycles. The number of aromatic nitrogens is 2. The molecule has 0 unspecified atom stereocenters. The predicted molar refractivity (Wildman–Crippen MR) is 50.5 cm³/mol. The predicted octanol–water partition coefficient (Wildman–Crippen LogP) is 0.769. The second-order valence-corrected chi connectivity index (χ2v) is 2.45. The van der Waals surface area contributed by atoms with E-state index in [0.29, 0.717) is 5.76 Å². The molecule has 0 aliphatic heterocycles. The molecule has 0 aliphatic rings. The molecule has 0 aromatic carbocycles. The first-order valence-corrected chi connectivity index (χ1v) is 3.81. The molecular weight excluding hydrogens is 168 g/mol. The highest BCUT2D eigenvalue weighted by Crippen LogP contribution is 2.06. The van der Waals surface area contributed by atoms with Crippen LogP contribution in [0.1, 0.15) is 12.6 Å². The van der Waals surface area contributed by atoms with Crippen molar-refractivity contribution < 1.29 is 4.84 Å². The Morgan fingerprint density at radius 3 is 3.00 bits per heavy atom. The van der Waals surface area contributed by atoms with Gasteiger partial charge in [0.05, 0.1) is 5.69 Å². The van der Waals surface area contributed by atoms with E-state index >= 15 is 0 Å². The van der Waals surface area contributed by atoms with Gasteiger partial charge in [0.2, 0.25) is 0 Å². The van der Waals surface area contributed by atoms with Gasteiger partial charge in [0.15, 0.2) is 0 Å². The minimum absolute atomic E-state index is 0.598. The molecular formula is C8H12N4O. The molecule has 0 spiro atoms. The third-order valence-corrected chi connectivity index (χ3v) is 1.48. The van der Waals surface area contributed by atoms with E-state index in [-0.39, 0.29) is 0 Å². The van der Waals surface area contributed by atoms with Gasteiger partial charge in [-0.25, -0.2) is 9.97 Å². The Morgan fingerprint density at radius 1 is 1.62 bits per heavy atom. The Labute approximate surface area is 76.6 Å². The lowest BCUT2D eigenvalue weighted by atomic mass is 10.3. The van der Waals surface area contributed by atoms with E-state index in [1.54, 1.807) is 26.1 Å². The molecule has 0 amide bonds. The molecule has 1 rings (SSSR count). The van der Waals surface area contributed by atoms with E-state index in [4.69, 9.17) is 5.90 Å². The number of rotatable bonds is 3. The summed E-state index contributed by atoms with van der Waals surface area (Å²) in [7, 11) is 1.79. The van der Waals surface area contributed by atoms with E-state index in [2.05, 4.69) is 20.1 Å². The molecule has 70 valence electrons. The van der Waals surface area contributed by atoms with Crippen LogP contribution in [0.4, 0.5) is 5.82 Å². The monoisotopic (exact) mass is 180 g/mol. The van der Waals surface area contributed by atoms with Crippen LogP contribution < -0.4 is 11.2 Å². The van der Waals surface area contributed by atoms with Crippen molar-refractivity contribution in [1.82, 2.24) is 9.97 Å². The molecule has 5 heteroatoms. The van der Waals surface area contributed by atoms with Gasteiger partial charge >= 0.3 is 0 Å². The molecule has 5 nitrogen and oxygen atoms in total. The smallest absolute Gasteiger partial charge is 0.129 e. The van der Waals surface area contributed by atoms with Gasteiger partial charge in [0, 0.05) is 19.2 Å². The normalized spacial score (nSPS) is 11.2. The highest BCUT2D eigenvalue weighted by molar-refractivity contribution is 5.50. The van der Waals surface area contributed by atoms with Crippen molar-refractivity contribution in [3.05, 3.63) is 23.8 Å². The minimum atomic E-state index is 0.598. The van der Waals surface area contributed by atoms with Crippen molar-refractivity contribution in [2.75, 3.05) is 12.4 Å². The van der Waals surface area contributed by atoms with Crippen LogP contribution >= 0.6 is 0 Å². The Kier molecular flexibility index (Phi) is 3.22. The van der Waals surface area contributed by atoms with E-state index in [0.717, 1.165) is 11.5 Å². The third kappa shape index (κ3) is 2.72. The van der Waals surface area contributed by atoms with Crippen LogP contribution in [-0.2, 0) is 4.84 Å². The van der Waals surface area contributed by atoms with E-state index in [1.165, 1.54) is 6.33 Å². The number of anilines is 1. The molecule has 0 atom stereocenters. The van der Waals surface area contributed by atoms with Gasteiger partial charge in [0.1, 0.15) is 17.9 Å². The maximum absolute atomic E-state index is 4.96. The summed E-state index contributed by atoms with van der Waals surface area (Å²) in [6.07, 6.45) is 3.20. The number of nitrogens with two attached hydrogens (primary N) is 1. The molecule has 0 aliphatic carbocycles. The summed E-state index contributed by atoms with van der Waals surface area (Å²) in [5.74, 6) is 6.32. The fourth-order valence-corrected chi connectivity index (χ4v) is 0.830. The van der Waals surface area contributed by atoms with Crippen LogP contribution in [0.3, 0.4) is 0 Å². The van der Waals surface area contributed by atoms with Crippen LogP contribution in [-0.4, -0.2) is 17.0 Å². The summed E-state index contributed by atoms with van der Waals surface area (Å²) in [6, 6.07) is 1.79. The fourth-order valence-electron chi connectivity index (χ4n) is 0.830. The van der Waals surface area contributed by atoms with Crippen molar-refractivity contribution >= 4 is 11.9 Å². The van der Waals surface area contributed by atoms with E-state index in [1.807, 2.05) is 0 Å². The average molecular weight is 180 g/mol. The first-order valence-electron chi connectivity index (χ1n) is 3.81. The second kappa shape index (κ2) is 4.42. The molecule has 1 heterocycles. The zero-order valence-electron chi connectivity index (χ0n) is 7.61. The largest absolute Gasteiger partial charge is 0.416 e. The Balaban J connectivity index is 2.89. The second-order valence-electron chi connectivity index (χ2n) is 2.45. The quantitative estimate of drug-likeness (QED) is 0.531. The van der Waals surface area contributed by atoms with Crippen molar-refractivity contribution in [1.29, 1.82) is 0 Å². The van der Waals surface area contributed by atoms with Crippen LogP contribution in [0, 0.1) is 0 Å². The van der Waals surface area contributed by atoms with Crippen molar-refractivity contribution in [2.24, 2.45) is 5.90 Å². The zero-order chi connectivity index (χ0) is 9.68. The number of allylic oxidation sites excluding steroid dienone is 1. The van der Waals surface area contributed by atoms with Crippen LogP contribution in [0.15, 0.2) is 18.2 Å². The maximum Gasteiger partial charge on any atom is 0.129 e. The van der Waals surface area contributed by atoms with E-state index in [9.17, 15) is 0 Å². The molecule has 3 N–H and O–H groups in total. The number of nitrogens with one attached hydrogen (secondary N) is 1. The average Bonchev–Trinajstić information content (AvgIpc) is 2.18. The third-order valence-electron chi connectivity index (χ3n) is 1.48. The summed E-state index contributed by atoms with van der Waals surface area (Å²) < 4.78 is 0. The first-order chi connectivity index (χ1) is 6.26. The fraction of sp³-hybridized carbons (Fsp3) is 0.250. The minimum Gasteiger partial charge on any atom is -0.416 e. The highest BCUT2D eigenvalue weighted by Gasteiger charge is 1.94. The Hall–Kier alpha value is -1.62. The zero-order valence-corrected chi connectivity index (χ0v) is 7.61. The van der Waals surface area contributed by atoms with Crippen LogP contribution in [0.25, 0.3) is 6.08 Å². The number of hydrogen-bond donors (Lipinski definition) is 2. The molecule has 1 aromatic rings. The lowest BCUT2D eigenvalue weighted by Crippen LogP contribution is -1.97. The highest BCUT2D eigenvalue weighted by atomic mass is 16.6. The van der Waals surface area contributed by atoms with Gasteiger partial charge in [-0.3, -0.25) is 0 Å². The van der Waals surface area contributed by atoms with Gasteiger partial charge in [-0.15, -0.1) is 0 Å². The number of nitrogens with zero attached hydrogens (tertiary/aromatic N) is 2. The van der Waals surface area contributed by atoms with Crippen molar-refractivity contribution in [3.8, 4) is 0 Å². The van der Waals surface area contributed by atoms with Crippen molar-refractivity contribution in [3.63, 3.8) is 0 Å². The lowest BCUT2D eigenvalue weighted by molar-refractivity contribution is 0.226. The molecule has 0 fully saturated rings. The van der Waals surface area contributed by atoms with Gasteiger partial charge in [0.25, 0.3) is 0 Å². The maximum atomic E-state index is 4.96. The Morgan fingerprint density at radius 2 is 2.38 bits per heavy atom. The van der Waals surface area contributed by atoms with Gasteiger partial charge in [-0.2, -0.15) is 5.90 Å². The summed E-state index contributed by atoms with van der Waals surface area (Å²) in [6.45, 7) is 1.75. The molecule has 1 aromatic heterocycles. The SMILES string of the molecule is CNc1cc(/C=C(\C)ON)ncn1. The molecule has 0 radical (unpaired) electrons. The summed E-state index contributed by atoms with van der Waals surface area (Å²) in [5, 5.41) is 2.91. The van der Waals surface area contributed by atoms with Crippen LogP contribution in [0.5, 0.6) is 0 Å². The van der Waals surface area contributed by atoms with Gasteiger partial charge in [-0.1, -0.05) is 0 Å². The summed E-state index contributed by atoms with van der Waals surface area (Å²) in [5.41, 5.74) is 0.752.